The molecule has 0 spiro atoms. The molecule has 0 aliphatic carbocycles. The summed E-state index contributed by atoms with van der Waals surface area (Å²) in [5.41, 5.74) is 1.89. The van der Waals surface area contributed by atoms with Gasteiger partial charge in [0.1, 0.15) is 12.4 Å². The topological polar surface area (TPSA) is 79.3 Å². The summed E-state index contributed by atoms with van der Waals surface area (Å²) in [6, 6.07) is 6.72. The van der Waals surface area contributed by atoms with Gasteiger partial charge in [-0.1, -0.05) is 12.1 Å². The number of benzene rings is 1. The Hall–Kier alpha value is -2.62. The van der Waals surface area contributed by atoms with E-state index in [4.69, 9.17) is 4.98 Å². The summed E-state index contributed by atoms with van der Waals surface area (Å²) in [7, 11) is 0. The second kappa shape index (κ2) is 8.40. The molecule has 1 atom stereocenters. The van der Waals surface area contributed by atoms with E-state index >= 15 is 0 Å². The lowest BCUT2D eigenvalue weighted by atomic mass is 10.2. The van der Waals surface area contributed by atoms with Gasteiger partial charge in [-0.05, 0) is 45.4 Å². The second-order valence-corrected chi connectivity index (χ2v) is 7.40. The molecule has 2 N–H and O–H groups in total. The van der Waals surface area contributed by atoms with Gasteiger partial charge < -0.3 is 9.88 Å². The highest BCUT2D eigenvalue weighted by Gasteiger charge is 2.33. The molecule has 1 aromatic carbocycles. The third kappa shape index (κ3) is 5.06. The average molecular weight is 411 g/mol. The first-order valence-electron chi connectivity index (χ1n) is 9.51. The van der Waals surface area contributed by atoms with Crippen molar-refractivity contribution in [3.63, 3.8) is 0 Å². The van der Waals surface area contributed by atoms with Crippen molar-refractivity contribution in [2.45, 2.75) is 44.9 Å². The first-order valence-corrected chi connectivity index (χ1v) is 9.51. The first-order chi connectivity index (χ1) is 13.7. The van der Waals surface area contributed by atoms with E-state index in [2.05, 4.69) is 18.4 Å². The summed E-state index contributed by atoms with van der Waals surface area (Å²) >= 11 is 0. The minimum atomic E-state index is -4.53. The summed E-state index contributed by atoms with van der Waals surface area (Å²) in [6.45, 7) is 3.19. The SMILES string of the molecule is CC(C)n1c(C2CCCN2CC(=O)NC(=O)NCC(F)(F)F)nc2ccccc21. The quantitative estimate of drug-likeness (QED) is 0.792. The molecule has 3 amide bonds. The zero-order valence-corrected chi connectivity index (χ0v) is 16.3. The number of carbonyl (C=O) groups excluding carboxylic acids is 2. The third-order valence-corrected chi connectivity index (χ3v) is 4.85. The minimum absolute atomic E-state index is 0.0919. The molecule has 1 fully saturated rings. The number of fused-ring (bicyclic) bond motifs is 1. The minimum Gasteiger partial charge on any atom is -0.329 e. The van der Waals surface area contributed by atoms with Crippen LogP contribution in [-0.2, 0) is 4.79 Å². The number of hydrogen-bond acceptors (Lipinski definition) is 4. The highest BCUT2D eigenvalue weighted by atomic mass is 19.4. The lowest BCUT2D eigenvalue weighted by Gasteiger charge is -2.25. The van der Waals surface area contributed by atoms with E-state index < -0.39 is 24.7 Å². The Labute approximate surface area is 166 Å². The van der Waals surface area contributed by atoms with Crippen molar-refractivity contribution in [1.29, 1.82) is 0 Å². The van der Waals surface area contributed by atoms with Crippen molar-refractivity contribution >= 4 is 23.0 Å². The summed E-state index contributed by atoms with van der Waals surface area (Å²) in [4.78, 5) is 30.4. The van der Waals surface area contributed by atoms with Gasteiger partial charge in [0.05, 0.1) is 23.6 Å². The molecule has 3 rings (SSSR count). The number of imide groups is 1. The van der Waals surface area contributed by atoms with Crippen LogP contribution in [0.4, 0.5) is 18.0 Å². The number of alkyl halides is 3. The number of nitrogens with one attached hydrogen (secondary N) is 2. The smallest absolute Gasteiger partial charge is 0.329 e. The molecule has 1 saturated heterocycles. The van der Waals surface area contributed by atoms with Crippen molar-refractivity contribution in [2.75, 3.05) is 19.6 Å². The van der Waals surface area contributed by atoms with E-state index in [0.29, 0.717) is 6.54 Å². The fourth-order valence-electron chi connectivity index (χ4n) is 3.72. The van der Waals surface area contributed by atoms with E-state index in [1.165, 1.54) is 0 Å². The second-order valence-electron chi connectivity index (χ2n) is 7.40. The van der Waals surface area contributed by atoms with Gasteiger partial charge in [0.25, 0.3) is 0 Å². The molecule has 2 aromatic rings. The van der Waals surface area contributed by atoms with Gasteiger partial charge in [-0.3, -0.25) is 15.0 Å². The van der Waals surface area contributed by atoms with Crippen LogP contribution in [-0.4, -0.2) is 52.2 Å². The number of para-hydroxylation sites is 2. The molecular formula is C19H24F3N5O2. The van der Waals surface area contributed by atoms with Crippen molar-refractivity contribution in [3.8, 4) is 0 Å². The summed E-state index contributed by atoms with van der Waals surface area (Å²) in [5, 5.41) is 3.59. The van der Waals surface area contributed by atoms with Crippen LogP contribution in [0.5, 0.6) is 0 Å². The van der Waals surface area contributed by atoms with E-state index in [0.717, 1.165) is 29.7 Å². The Morgan fingerprint density at radius 2 is 2.00 bits per heavy atom. The van der Waals surface area contributed by atoms with Crippen molar-refractivity contribution < 1.29 is 22.8 Å². The highest BCUT2D eigenvalue weighted by Crippen LogP contribution is 2.34. The molecule has 2 heterocycles. The van der Waals surface area contributed by atoms with Crippen molar-refractivity contribution in [3.05, 3.63) is 30.1 Å². The largest absolute Gasteiger partial charge is 0.405 e. The number of nitrogens with zero attached hydrogens (tertiary/aromatic N) is 3. The molecular weight excluding hydrogens is 387 g/mol. The predicted octanol–water partition coefficient (Wildman–Crippen LogP) is 3.14. The summed E-state index contributed by atoms with van der Waals surface area (Å²) in [5.74, 6) is 0.205. The molecule has 0 saturated carbocycles. The van der Waals surface area contributed by atoms with Crippen LogP contribution < -0.4 is 10.6 Å². The van der Waals surface area contributed by atoms with E-state index in [-0.39, 0.29) is 18.6 Å². The van der Waals surface area contributed by atoms with Gasteiger partial charge >= 0.3 is 12.2 Å². The predicted molar refractivity (Wildman–Crippen MR) is 101 cm³/mol. The Bertz CT molecular complexity index is 894. The number of amides is 3. The van der Waals surface area contributed by atoms with E-state index in [1.54, 1.807) is 5.32 Å². The Morgan fingerprint density at radius 3 is 2.69 bits per heavy atom. The monoisotopic (exact) mass is 411 g/mol. The van der Waals surface area contributed by atoms with E-state index in [9.17, 15) is 22.8 Å². The van der Waals surface area contributed by atoms with Gasteiger partial charge in [0.15, 0.2) is 0 Å². The van der Waals surface area contributed by atoms with Crippen molar-refractivity contribution in [1.82, 2.24) is 25.1 Å². The lowest BCUT2D eigenvalue weighted by Crippen LogP contribution is -2.46. The summed E-state index contributed by atoms with van der Waals surface area (Å²) < 4.78 is 38.6. The molecule has 1 aliphatic rings. The molecule has 0 bridgehead atoms. The maximum atomic E-state index is 12.2. The maximum absolute atomic E-state index is 12.2. The molecule has 7 nitrogen and oxygen atoms in total. The Morgan fingerprint density at radius 1 is 1.28 bits per heavy atom. The number of aromatic nitrogens is 2. The van der Waals surface area contributed by atoms with Crippen LogP contribution in [0.2, 0.25) is 0 Å². The fourth-order valence-corrected chi connectivity index (χ4v) is 3.72. The lowest BCUT2D eigenvalue weighted by molar-refractivity contribution is -0.125. The fraction of sp³-hybridized carbons (Fsp3) is 0.526. The van der Waals surface area contributed by atoms with Gasteiger partial charge in [-0.15, -0.1) is 0 Å². The van der Waals surface area contributed by atoms with Crippen LogP contribution in [0.15, 0.2) is 24.3 Å². The maximum Gasteiger partial charge on any atom is 0.405 e. The Kier molecular flexibility index (Phi) is 6.11. The van der Waals surface area contributed by atoms with E-state index in [1.807, 2.05) is 34.5 Å². The van der Waals surface area contributed by atoms with Gasteiger partial charge in [-0.2, -0.15) is 13.2 Å². The summed E-state index contributed by atoms with van der Waals surface area (Å²) in [6.07, 6.45) is -2.86. The molecule has 29 heavy (non-hydrogen) atoms. The third-order valence-electron chi connectivity index (χ3n) is 4.85. The van der Waals surface area contributed by atoms with Gasteiger partial charge in [-0.25, -0.2) is 9.78 Å². The molecule has 1 aromatic heterocycles. The number of carbonyl (C=O) groups is 2. The average Bonchev–Trinajstić information content (AvgIpc) is 3.22. The van der Waals surface area contributed by atoms with Crippen LogP contribution >= 0.6 is 0 Å². The molecule has 0 radical (unpaired) electrons. The first kappa shape index (κ1) is 21.1. The Balaban J connectivity index is 1.71. The number of imidazole rings is 1. The van der Waals surface area contributed by atoms with Crippen LogP contribution in [0.3, 0.4) is 0 Å². The van der Waals surface area contributed by atoms with Crippen molar-refractivity contribution in [2.24, 2.45) is 0 Å². The molecule has 158 valence electrons. The normalized spacial score (nSPS) is 17.8. The number of rotatable bonds is 5. The molecule has 10 heteroatoms. The number of halogens is 3. The number of likely N-dealkylation sites (tertiary alicyclic amines) is 1. The number of hydrogen-bond donors (Lipinski definition) is 2. The molecule has 1 aliphatic heterocycles. The van der Waals surface area contributed by atoms with Crippen LogP contribution in [0.25, 0.3) is 11.0 Å². The number of urea groups is 1. The molecule has 1 unspecified atom stereocenters. The van der Waals surface area contributed by atoms with Crippen LogP contribution in [0, 0.1) is 0 Å². The van der Waals surface area contributed by atoms with Gasteiger partial charge in [0.2, 0.25) is 5.91 Å². The highest BCUT2D eigenvalue weighted by molar-refractivity contribution is 5.95. The standard InChI is InChI=1S/C19H24F3N5O2/c1-12(2)27-14-7-4-3-6-13(14)24-17(27)15-8-5-9-26(15)10-16(28)25-18(29)23-11-19(20,21)22/h3-4,6-7,12,15H,5,8-11H2,1-2H3,(H2,23,25,28,29). The van der Waals surface area contributed by atoms with Gasteiger partial charge in [0, 0.05) is 6.04 Å². The van der Waals surface area contributed by atoms with Crippen LogP contribution in [0.1, 0.15) is 44.6 Å². The zero-order chi connectivity index (χ0) is 21.2. The zero-order valence-electron chi connectivity index (χ0n) is 16.3.